The minimum absolute atomic E-state index is 0.0278. The van der Waals surface area contributed by atoms with Gasteiger partial charge in [-0.25, -0.2) is 0 Å². The molecule has 0 aliphatic carbocycles. The molecule has 1 fully saturated rings. The number of aromatic hydroxyl groups is 1. The SMILES string of the molecule is O=CC(=O)C1CCC(N2Cc3c(O)cccc3C2=O)CN1. The van der Waals surface area contributed by atoms with E-state index in [2.05, 4.69) is 5.32 Å². The summed E-state index contributed by atoms with van der Waals surface area (Å²) in [5.74, 6) is -0.392. The molecule has 0 radical (unpaired) electrons. The van der Waals surface area contributed by atoms with E-state index < -0.39 is 11.8 Å². The van der Waals surface area contributed by atoms with Crippen LogP contribution in [0.1, 0.15) is 28.8 Å². The molecule has 2 N–H and O–H groups in total. The van der Waals surface area contributed by atoms with Gasteiger partial charge in [0, 0.05) is 23.7 Å². The van der Waals surface area contributed by atoms with Gasteiger partial charge in [0.05, 0.1) is 12.6 Å². The number of hydrogen-bond acceptors (Lipinski definition) is 5. The fourth-order valence-corrected chi connectivity index (χ4v) is 3.07. The second kappa shape index (κ2) is 5.29. The number of Topliss-reactive ketones (excluding diaryl/α,β-unsaturated/α-hetero) is 1. The standard InChI is InChI=1S/C15H16N2O4/c18-8-14(20)12-5-4-9(6-16-12)17-7-11-10(15(17)21)2-1-3-13(11)19/h1-3,8-9,12,16,19H,4-7H2. The number of fused-ring (bicyclic) bond motifs is 1. The molecule has 6 heteroatoms. The van der Waals surface area contributed by atoms with E-state index in [9.17, 15) is 19.5 Å². The minimum atomic E-state index is -0.442. The van der Waals surface area contributed by atoms with Crippen LogP contribution in [0.15, 0.2) is 18.2 Å². The molecular formula is C15H16N2O4. The maximum atomic E-state index is 12.4. The van der Waals surface area contributed by atoms with Crippen LogP contribution in [0.5, 0.6) is 5.75 Å². The molecule has 3 rings (SSSR count). The Labute approximate surface area is 121 Å². The zero-order valence-corrected chi connectivity index (χ0v) is 11.4. The fourth-order valence-electron chi connectivity index (χ4n) is 3.07. The molecule has 0 bridgehead atoms. The maximum absolute atomic E-state index is 12.4. The Morgan fingerprint density at radius 2 is 2.19 bits per heavy atom. The minimum Gasteiger partial charge on any atom is -0.508 e. The van der Waals surface area contributed by atoms with Gasteiger partial charge in [0.1, 0.15) is 5.75 Å². The lowest BCUT2D eigenvalue weighted by Crippen LogP contribution is -2.52. The highest BCUT2D eigenvalue weighted by Crippen LogP contribution is 2.32. The molecule has 110 valence electrons. The fraction of sp³-hybridized carbons (Fsp3) is 0.400. The molecule has 1 saturated heterocycles. The number of aldehydes is 1. The summed E-state index contributed by atoms with van der Waals surface area (Å²) in [7, 11) is 0. The molecule has 0 aromatic heterocycles. The Morgan fingerprint density at radius 3 is 2.81 bits per heavy atom. The van der Waals surface area contributed by atoms with E-state index in [1.54, 1.807) is 23.1 Å². The third kappa shape index (κ3) is 2.31. The summed E-state index contributed by atoms with van der Waals surface area (Å²) in [5.41, 5.74) is 1.20. The first-order valence-corrected chi connectivity index (χ1v) is 6.96. The summed E-state index contributed by atoms with van der Waals surface area (Å²) in [6.45, 7) is 0.865. The van der Waals surface area contributed by atoms with Crippen molar-refractivity contribution >= 4 is 18.0 Å². The quantitative estimate of drug-likeness (QED) is 0.614. The molecular weight excluding hydrogens is 272 g/mol. The van der Waals surface area contributed by atoms with Crippen molar-refractivity contribution in [3.8, 4) is 5.75 Å². The Hall–Kier alpha value is -2.21. The van der Waals surface area contributed by atoms with E-state index in [1.165, 1.54) is 0 Å². The van der Waals surface area contributed by atoms with Crippen LogP contribution in [0.25, 0.3) is 0 Å². The molecule has 2 unspecified atom stereocenters. The van der Waals surface area contributed by atoms with E-state index in [4.69, 9.17) is 0 Å². The van der Waals surface area contributed by atoms with Gasteiger partial charge >= 0.3 is 0 Å². The first kappa shape index (κ1) is 13.8. The van der Waals surface area contributed by atoms with Gasteiger partial charge < -0.3 is 15.3 Å². The Bertz CT molecular complexity index is 606. The predicted octanol–water partition coefficient (Wildman–Crippen LogP) is 0.237. The molecule has 1 aromatic carbocycles. The molecule has 21 heavy (non-hydrogen) atoms. The van der Waals surface area contributed by atoms with Crippen LogP contribution in [0.2, 0.25) is 0 Å². The Morgan fingerprint density at radius 1 is 1.38 bits per heavy atom. The summed E-state index contributed by atoms with van der Waals surface area (Å²) in [6, 6.07) is 4.49. The Kier molecular flexibility index (Phi) is 3.47. The monoisotopic (exact) mass is 288 g/mol. The first-order chi connectivity index (χ1) is 10.1. The van der Waals surface area contributed by atoms with Crippen molar-refractivity contribution in [2.75, 3.05) is 6.54 Å². The van der Waals surface area contributed by atoms with Gasteiger partial charge in [0.25, 0.3) is 5.91 Å². The normalized spacial score (nSPS) is 24.8. The van der Waals surface area contributed by atoms with Gasteiger partial charge in [-0.05, 0) is 25.0 Å². The van der Waals surface area contributed by atoms with Crippen LogP contribution in [-0.2, 0) is 16.1 Å². The van der Waals surface area contributed by atoms with Crippen LogP contribution in [0, 0.1) is 0 Å². The number of hydrogen-bond donors (Lipinski definition) is 2. The van der Waals surface area contributed by atoms with Gasteiger partial charge in [0.2, 0.25) is 5.78 Å². The molecule has 2 atom stereocenters. The smallest absolute Gasteiger partial charge is 0.254 e. The average Bonchev–Trinajstić information content (AvgIpc) is 2.85. The topological polar surface area (TPSA) is 86.7 Å². The maximum Gasteiger partial charge on any atom is 0.254 e. The zero-order chi connectivity index (χ0) is 15.0. The molecule has 2 aliphatic heterocycles. The molecule has 6 nitrogen and oxygen atoms in total. The number of phenolic OH excluding ortho intramolecular Hbond substituents is 1. The number of carbonyl (C=O) groups excluding carboxylic acids is 3. The van der Waals surface area contributed by atoms with Crippen molar-refractivity contribution < 1.29 is 19.5 Å². The number of carbonyl (C=O) groups is 3. The summed E-state index contributed by atoms with van der Waals surface area (Å²) in [5, 5.41) is 12.9. The number of benzene rings is 1. The zero-order valence-electron chi connectivity index (χ0n) is 11.4. The number of nitrogens with one attached hydrogen (secondary N) is 1. The van der Waals surface area contributed by atoms with Crippen LogP contribution in [0.4, 0.5) is 0 Å². The van der Waals surface area contributed by atoms with Crippen molar-refractivity contribution in [3.63, 3.8) is 0 Å². The predicted molar refractivity (Wildman–Crippen MR) is 73.9 cm³/mol. The number of amides is 1. The number of nitrogens with zero attached hydrogens (tertiary/aromatic N) is 1. The van der Waals surface area contributed by atoms with E-state index in [1.807, 2.05) is 0 Å². The summed E-state index contributed by atoms with van der Waals surface area (Å²) >= 11 is 0. The van der Waals surface area contributed by atoms with Crippen molar-refractivity contribution in [2.24, 2.45) is 0 Å². The van der Waals surface area contributed by atoms with Crippen molar-refractivity contribution in [1.29, 1.82) is 0 Å². The number of piperidine rings is 1. The van der Waals surface area contributed by atoms with Gasteiger partial charge in [-0.15, -0.1) is 0 Å². The van der Waals surface area contributed by atoms with Crippen molar-refractivity contribution in [2.45, 2.75) is 31.5 Å². The molecule has 2 aliphatic rings. The van der Waals surface area contributed by atoms with Crippen LogP contribution < -0.4 is 5.32 Å². The highest BCUT2D eigenvalue weighted by molar-refractivity contribution is 6.27. The van der Waals surface area contributed by atoms with Gasteiger partial charge in [-0.1, -0.05) is 6.07 Å². The van der Waals surface area contributed by atoms with Crippen molar-refractivity contribution in [1.82, 2.24) is 10.2 Å². The van der Waals surface area contributed by atoms with Crippen molar-refractivity contribution in [3.05, 3.63) is 29.3 Å². The van der Waals surface area contributed by atoms with E-state index in [-0.39, 0.29) is 17.7 Å². The lowest BCUT2D eigenvalue weighted by molar-refractivity contribution is -0.131. The highest BCUT2D eigenvalue weighted by Gasteiger charge is 2.36. The molecule has 1 aromatic rings. The van der Waals surface area contributed by atoms with Crippen LogP contribution in [0.3, 0.4) is 0 Å². The first-order valence-electron chi connectivity index (χ1n) is 6.96. The van der Waals surface area contributed by atoms with E-state index in [0.717, 1.165) is 0 Å². The van der Waals surface area contributed by atoms with E-state index >= 15 is 0 Å². The number of ketones is 1. The largest absolute Gasteiger partial charge is 0.508 e. The lowest BCUT2D eigenvalue weighted by atomic mass is 9.97. The van der Waals surface area contributed by atoms with Gasteiger partial charge in [-0.3, -0.25) is 14.4 Å². The number of rotatable bonds is 3. The van der Waals surface area contributed by atoms with Gasteiger partial charge in [-0.2, -0.15) is 0 Å². The summed E-state index contributed by atoms with van der Waals surface area (Å²) in [6.07, 6.45) is 1.54. The van der Waals surface area contributed by atoms with Crippen LogP contribution in [-0.4, -0.2) is 46.6 Å². The summed E-state index contributed by atoms with van der Waals surface area (Å²) in [4.78, 5) is 35.9. The molecule has 2 heterocycles. The molecule has 1 amide bonds. The molecule has 0 spiro atoms. The van der Waals surface area contributed by atoms with Crippen LogP contribution >= 0.6 is 0 Å². The third-order valence-corrected chi connectivity index (χ3v) is 4.26. The Balaban J connectivity index is 1.71. The third-order valence-electron chi connectivity index (χ3n) is 4.26. The number of phenols is 1. The lowest BCUT2D eigenvalue weighted by Gasteiger charge is -2.34. The summed E-state index contributed by atoms with van der Waals surface area (Å²) < 4.78 is 0. The second-order valence-corrected chi connectivity index (χ2v) is 5.45. The molecule has 0 saturated carbocycles. The van der Waals surface area contributed by atoms with E-state index in [0.29, 0.717) is 43.3 Å². The average molecular weight is 288 g/mol. The second-order valence-electron chi connectivity index (χ2n) is 5.45. The van der Waals surface area contributed by atoms with Gasteiger partial charge in [0.15, 0.2) is 6.29 Å². The highest BCUT2D eigenvalue weighted by atomic mass is 16.3.